The van der Waals surface area contributed by atoms with Gasteiger partial charge in [0.2, 0.25) is 0 Å². The molecule has 0 saturated carbocycles. The van der Waals surface area contributed by atoms with E-state index in [1.807, 2.05) is 12.4 Å². The van der Waals surface area contributed by atoms with Gasteiger partial charge >= 0.3 is 155 Å². The molecule has 0 spiro atoms. The molecule has 0 radical (unpaired) electrons. The molecule has 2 fully saturated rings. The molecule has 2 saturated heterocycles. The van der Waals surface area contributed by atoms with Crippen LogP contribution in [0, 0.1) is 0 Å². The second kappa shape index (κ2) is 7.57. The quantitative estimate of drug-likeness (QED) is 0.519. The van der Waals surface area contributed by atoms with Gasteiger partial charge in [-0.1, -0.05) is 0 Å². The second-order valence-corrected chi connectivity index (χ2v) is 10.7. The van der Waals surface area contributed by atoms with Crippen molar-refractivity contribution < 1.29 is 4.79 Å². The summed E-state index contributed by atoms with van der Waals surface area (Å²) >= 11 is 0.125. The van der Waals surface area contributed by atoms with E-state index in [1.54, 1.807) is 0 Å². The number of ketones is 1. The van der Waals surface area contributed by atoms with Crippen molar-refractivity contribution in [1.82, 2.24) is 9.97 Å². The van der Waals surface area contributed by atoms with Crippen LogP contribution in [-0.2, 0) is 0 Å². The fourth-order valence-corrected chi connectivity index (χ4v) is 7.51. The van der Waals surface area contributed by atoms with Crippen LogP contribution in [0.2, 0.25) is 0 Å². The Kier molecular flexibility index (Phi) is 5.23. The molecule has 2 aromatic rings. The molecule has 5 nitrogen and oxygen atoms in total. The fraction of sp³-hybridized carbons (Fsp3) is 0.588. The van der Waals surface area contributed by atoms with Gasteiger partial charge in [-0.05, 0) is 0 Å². The van der Waals surface area contributed by atoms with Crippen LogP contribution in [0.4, 0.5) is 9.25 Å². The molecule has 2 aromatic heterocycles. The van der Waals surface area contributed by atoms with Crippen molar-refractivity contribution >= 4 is 44.0 Å². The molecular weight excluding hydrogens is 434 g/mol. The number of carbonyl (C=O) groups excluding carboxylic acids is 1. The van der Waals surface area contributed by atoms with Crippen LogP contribution in [0.5, 0.6) is 0 Å². The van der Waals surface area contributed by atoms with Crippen LogP contribution in [0.15, 0.2) is 12.4 Å². The Morgan fingerprint density at radius 3 is 2.21 bits per heavy atom. The van der Waals surface area contributed by atoms with E-state index >= 15 is 0 Å². The van der Waals surface area contributed by atoms with E-state index in [4.69, 9.17) is 0 Å². The standard InChI is InChI=1S/C17H22N4OSe2/c22-15(13-11-19-17(23-13)21-9-5-2-6-10-21)16-18-12-14(24-16)20-7-3-1-4-8-20/h11-12H,1-10H2. The van der Waals surface area contributed by atoms with Gasteiger partial charge in [0.25, 0.3) is 0 Å². The van der Waals surface area contributed by atoms with Crippen LogP contribution in [-0.4, -0.2) is 70.9 Å². The minimum atomic E-state index is 0.0564. The molecule has 0 aromatic carbocycles. The van der Waals surface area contributed by atoms with E-state index in [-0.39, 0.29) is 34.8 Å². The Hall–Kier alpha value is -0.871. The number of anilines is 2. The molecule has 0 aliphatic carbocycles. The van der Waals surface area contributed by atoms with Crippen molar-refractivity contribution in [2.75, 3.05) is 36.0 Å². The number of aromatic nitrogens is 2. The molecule has 2 aliphatic rings. The van der Waals surface area contributed by atoms with Crippen LogP contribution in [0.1, 0.15) is 52.3 Å². The van der Waals surface area contributed by atoms with Crippen molar-refractivity contribution in [3.05, 3.63) is 21.4 Å². The van der Waals surface area contributed by atoms with Crippen molar-refractivity contribution in [3.8, 4) is 0 Å². The van der Waals surface area contributed by atoms with Crippen molar-refractivity contribution in [2.45, 2.75) is 38.5 Å². The Balaban J connectivity index is 1.47. The maximum absolute atomic E-state index is 12.8. The zero-order valence-electron chi connectivity index (χ0n) is 13.7. The van der Waals surface area contributed by atoms with E-state index in [0.29, 0.717) is 0 Å². The molecule has 2 aliphatic heterocycles. The predicted octanol–water partition coefficient (Wildman–Crippen LogP) is 1.80. The first-order chi connectivity index (χ1) is 11.8. The number of nitrogens with zero attached hydrogens (tertiary/aromatic N) is 4. The van der Waals surface area contributed by atoms with Gasteiger partial charge in [0, 0.05) is 0 Å². The van der Waals surface area contributed by atoms with Gasteiger partial charge in [0.15, 0.2) is 0 Å². The molecule has 0 atom stereocenters. The Morgan fingerprint density at radius 1 is 0.833 bits per heavy atom. The van der Waals surface area contributed by atoms with Gasteiger partial charge in [0.1, 0.15) is 0 Å². The summed E-state index contributed by atoms with van der Waals surface area (Å²) < 4.78 is 4.08. The summed E-state index contributed by atoms with van der Waals surface area (Å²) in [5, 5.41) is 0. The molecule has 0 bridgehead atoms. The van der Waals surface area contributed by atoms with Gasteiger partial charge < -0.3 is 0 Å². The van der Waals surface area contributed by atoms with E-state index in [0.717, 1.165) is 39.9 Å². The molecule has 0 N–H and O–H groups in total. The molecule has 0 unspecified atom stereocenters. The number of carbonyl (C=O) groups is 1. The Morgan fingerprint density at radius 2 is 1.50 bits per heavy atom. The van der Waals surface area contributed by atoms with E-state index in [1.165, 1.54) is 43.1 Å². The zero-order chi connectivity index (χ0) is 16.4. The first-order valence-corrected chi connectivity index (χ1v) is 12.2. The van der Waals surface area contributed by atoms with Gasteiger partial charge in [-0.15, -0.1) is 0 Å². The Bertz CT molecular complexity index is 641. The number of rotatable bonds is 4. The first kappa shape index (κ1) is 16.6. The SMILES string of the molecule is O=C(c1cnc(N2CCCCC2)[se]1)c1ncc(N2CCCCC2)[se]1. The molecule has 4 heterocycles. The summed E-state index contributed by atoms with van der Waals surface area (Å²) in [4.78, 5) is 26.6. The number of hydrogen-bond donors (Lipinski definition) is 0. The summed E-state index contributed by atoms with van der Waals surface area (Å²) in [6.07, 6.45) is 11.4. The molecule has 7 heteroatoms. The van der Waals surface area contributed by atoms with Crippen LogP contribution < -0.4 is 9.80 Å². The third-order valence-corrected chi connectivity index (χ3v) is 9.13. The van der Waals surface area contributed by atoms with E-state index in [2.05, 4.69) is 19.8 Å². The van der Waals surface area contributed by atoms with Gasteiger partial charge in [-0.2, -0.15) is 0 Å². The summed E-state index contributed by atoms with van der Waals surface area (Å²) in [6, 6.07) is 0. The Labute approximate surface area is 154 Å². The normalized spacial score (nSPS) is 18.8. The minimum absolute atomic E-state index is 0.0564. The molecule has 0 amide bonds. The van der Waals surface area contributed by atoms with Gasteiger partial charge in [0.05, 0.1) is 0 Å². The third kappa shape index (κ3) is 3.55. The van der Waals surface area contributed by atoms with Crippen LogP contribution in [0.3, 0.4) is 0 Å². The molecule has 24 heavy (non-hydrogen) atoms. The monoisotopic (exact) mass is 458 g/mol. The van der Waals surface area contributed by atoms with E-state index < -0.39 is 0 Å². The number of hydrogen-bond acceptors (Lipinski definition) is 5. The van der Waals surface area contributed by atoms with Crippen molar-refractivity contribution in [3.63, 3.8) is 0 Å². The topological polar surface area (TPSA) is 49.3 Å². The van der Waals surface area contributed by atoms with E-state index in [9.17, 15) is 4.79 Å². The molecule has 4 rings (SSSR count). The first-order valence-electron chi connectivity index (χ1n) is 8.77. The molecular formula is C17H22N4OSe2. The molecule has 128 valence electrons. The van der Waals surface area contributed by atoms with Crippen molar-refractivity contribution in [1.29, 1.82) is 0 Å². The predicted molar refractivity (Wildman–Crippen MR) is 97.9 cm³/mol. The van der Waals surface area contributed by atoms with Crippen LogP contribution >= 0.6 is 0 Å². The van der Waals surface area contributed by atoms with Crippen LogP contribution in [0.25, 0.3) is 0 Å². The average molecular weight is 456 g/mol. The average Bonchev–Trinajstić information content (AvgIpc) is 3.33. The maximum atomic E-state index is 12.8. The number of piperidine rings is 2. The second-order valence-electron chi connectivity index (χ2n) is 6.44. The summed E-state index contributed by atoms with van der Waals surface area (Å²) in [5.74, 6) is 0.147. The summed E-state index contributed by atoms with van der Waals surface area (Å²) in [6.45, 7) is 4.45. The third-order valence-electron chi connectivity index (χ3n) is 4.70. The summed E-state index contributed by atoms with van der Waals surface area (Å²) in [7, 11) is 0. The van der Waals surface area contributed by atoms with Gasteiger partial charge in [-0.3, -0.25) is 0 Å². The fourth-order valence-electron chi connectivity index (χ4n) is 3.34. The van der Waals surface area contributed by atoms with Crippen molar-refractivity contribution in [2.24, 2.45) is 0 Å². The zero-order valence-corrected chi connectivity index (χ0v) is 17.2. The van der Waals surface area contributed by atoms with Gasteiger partial charge in [-0.25, -0.2) is 0 Å². The summed E-state index contributed by atoms with van der Waals surface area (Å²) in [5.41, 5.74) is 0.